The molecule has 0 saturated heterocycles. The number of fused-ring (bicyclic) bond motifs is 1. The van der Waals surface area contributed by atoms with E-state index in [4.69, 9.17) is 4.74 Å². The molecule has 0 aliphatic heterocycles. The molecule has 4 heteroatoms. The van der Waals surface area contributed by atoms with Crippen LogP contribution in [0.3, 0.4) is 0 Å². The van der Waals surface area contributed by atoms with Crippen LogP contribution in [0.2, 0.25) is 0 Å². The molecule has 3 rings (SSSR count). The third-order valence-corrected chi connectivity index (χ3v) is 3.27. The van der Waals surface area contributed by atoms with E-state index in [9.17, 15) is 4.39 Å². The molecular formula is C16H15FN2O. The number of ether oxygens (including phenoxy) is 1. The number of anilines is 1. The van der Waals surface area contributed by atoms with Gasteiger partial charge in [0.25, 0.3) is 0 Å². The molecule has 0 saturated carbocycles. The van der Waals surface area contributed by atoms with Gasteiger partial charge in [-0.2, -0.15) is 0 Å². The number of H-pyrrole nitrogens is 1. The number of nitrogens with one attached hydrogen (secondary N) is 2. The van der Waals surface area contributed by atoms with Crippen molar-refractivity contribution in [3.05, 3.63) is 60.0 Å². The molecule has 0 unspecified atom stereocenters. The Morgan fingerprint density at radius 2 is 2.05 bits per heavy atom. The van der Waals surface area contributed by atoms with Gasteiger partial charge in [-0.25, -0.2) is 4.39 Å². The van der Waals surface area contributed by atoms with Crippen molar-refractivity contribution in [1.29, 1.82) is 0 Å². The molecule has 1 heterocycles. The number of halogens is 1. The fourth-order valence-electron chi connectivity index (χ4n) is 2.19. The molecule has 0 aliphatic carbocycles. The summed E-state index contributed by atoms with van der Waals surface area (Å²) >= 11 is 0. The maximum atomic E-state index is 13.6. The average Bonchev–Trinajstić information content (AvgIpc) is 2.92. The Balaban J connectivity index is 1.73. The minimum absolute atomic E-state index is 0.253. The fraction of sp³-hybridized carbons (Fsp3) is 0.125. The van der Waals surface area contributed by atoms with Crippen molar-refractivity contribution in [3.63, 3.8) is 0 Å². The molecule has 0 amide bonds. The van der Waals surface area contributed by atoms with E-state index in [-0.39, 0.29) is 11.6 Å². The van der Waals surface area contributed by atoms with Gasteiger partial charge in [0.2, 0.25) is 0 Å². The van der Waals surface area contributed by atoms with Crippen molar-refractivity contribution < 1.29 is 9.13 Å². The highest BCUT2D eigenvalue weighted by atomic mass is 19.1. The predicted molar refractivity (Wildman–Crippen MR) is 78.6 cm³/mol. The Morgan fingerprint density at radius 3 is 2.85 bits per heavy atom. The summed E-state index contributed by atoms with van der Waals surface area (Å²) in [6.07, 6.45) is 1.92. The number of methoxy groups -OCH3 is 1. The molecule has 3 aromatic rings. The molecule has 0 bridgehead atoms. The quantitative estimate of drug-likeness (QED) is 0.753. The van der Waals surface area contributed by atoms with Crippen LogP contribution in [0.25, 0.3) is 10.9 Å². The van der Waals surface area contributed by atoms with E-state index in [1.807, 2.05) is 12.3 Å². The Morgan fingerprint density at radius 1 is 1.15 bits per heavy atom. The molecule has 0 fully saturated rings. The van der Waals surface area contributed by atoms with Gasteiger partial charge in [-0.05, 0) is 35.2 Å². The summed E-state index contributed by atoms with van der Waals surface area (Å²) in [6, 6.07) is 13.1. The van der Waals surface area contributed by atoms with E-state index >= 15 is 0 Å². The van der Waals surface area contributed by atoms with E-state index in [1.54, 1.807) is 12.1 Å². The number of benzene rings is 2. The van der Waals surface area contributed by atoms with E-state index in [1.165, 1.54) is 18.6 Å². The van der Waals surface area contributed by atoms with Crippen LogP contribution in [0.1, 0.15) is 5.56 Å². The van der Waals surface area contributed by atoms with Gasteiger partial charge in [-0.15, -0.1) is 0 Å². The zero-order valence-electron chi connectivity index (χ0n) is 11.1. The van der Waals surface area contributed by atoms with Crippen molar-refractivity contribution in [2.24, 2.45) is 0 Å². The lowest BCUT2D eigenvalue weighted by Crippen LogP contribution is -2.00. The third kappa shape index (κ3) is 2.45. The van der Waals surface area contributed by atoms with Gasteiger partial charge in [0.15, 0.2) is 11.6 Å². The number of aromatic amines is 1. The van der Waals surface area contributed by atoms with Crippen molar-refractivity contribution in [2.75, 3.05) is 12.4 Å². The van der Waals surface area contributed by atoms with Crippen molar-refractivity contribution in [3.8, 4) is 5.75 Å². The van der Waals surface area contributed by atoms with Crippen LogP contribution < -0.4 is 10.1 Å². The lowest BCUT2D eigenvalue weighted by molar-refractivity contribution is 0.386. The molecule has 0 aliphatic rings. The SMILES string of the molecule is COc1ccc(NCc2ccc3cc[nH]c3c2)cc1F. The molecular weight excluding hydrogens is 255 g/mol. The molecule has 3 nitrogen and oxygen atoms in total. The summed E-state index contributed by atoms with van der Waals surface area (Å²) in [7, 11) is 1.46. The Hall–Kier alpha value is -2.49. The number of hydrogen-bond acceptors (Lipinski definition) is 2. The van der Waals surface area contributed by atoms with Crippen LogP contribution in [-0.2, 0) is 6.54 Å². The van der Waals surface area contributed by atoms with Crippen LogP contribution in [0, 0.1) is 5.82 Å². The Labute approximate surface area is 116 Å². The molecule has 2 aromatic carbocycles. The van der Waals surface area contributed by atoms with Crippen LogP contribution in [0.15, 0.2) is 48.7 Å². The molecule has 0 radical (unpaired) electrons. The second kappa shape index (κ2) is 5.25. The molecule has 2 N–H and O–H groups in total. The fourth-order valence-corrected chi connectivity index (χ4v) is 2.19. The van der Waals surface area contributed by atoms with Crippen molar-refractivity contribution in [1.82, 2.24) is 4.98 Å². The summed E-state index contributed by atoms with van der Waals surface area (Å²) in [5.41, 5.74) is 2.97. The van der Waals surface area contributed by atoms with Gasteiger partial charge < -0.3 is 15.0 Å². The van der Waals surface area contributed by atoms with Crippen LogP contribution >= 0.6 is 0 Å². The summed E-state index contributed by atoms with van der Waals surface area (Å²) in [4.78, 5) is 3.18. The predicted octanol–water partition coefficient (Wildman–Crippen LogP) is 3.93. The Kier molecular flexibility index (Phi) is 3.29. The number of hydrogen-bond donors (Lipinski definition) is 2. The zero-order chi connectivity index (χ0) is 13.9. The maximum Gasteiger partial charge on any atom is 0.167 e. The monoisotopic (exact) mass is 270 g/mol. The summed E-state index contributed by atoms with van der Waals surface area (Å²) in [5, 5.41) is 4.39. The van der Waals surface area contributed by atoms with Gasteiger partial charge in [-0.1, -0.05) is 12.1 Å². The zero-order valence-corrected chi connectivity index (χ0v) is 11.1. The van der Waals surface area contributed by atoms with E-state index in [0.717, 1.165) is 16.8 Å². The highest BCUT2D eigenvalue weighted by Gasteiger charge is 2.03. The van der Waals surface area contributed by atoms with E-state index in [2.05, 4.69) is 28.5 Å². The van der Waals surface area contributed by atoms with Crippen molar-refractivity contribution in [2.45, 2.75) is 6.54 Å². The maximum absolute atomic E-state index is 13.6. The first-order valence-corrected chi connectivity index (χ1v) is 6.40. The van der Waals surface area contributed by atoms with Crippen LogP contribution in [0.4, 0.5) is 10.1 Å². The van der Waals surface area contributed by atoms with Crippen LogP contribution in [0.5, 0.6) is 5.75 Å². The van der Waals surface area contributed by atoms with Crippen molar-refractivity contribution >= 4 is 16.6 Å². The normalized spacial score (nSPS) is 10.7. The lowest BCUT2D eigenvalue weighted by Gasteiger charge is -2.08. The molecule has 20 heavy (non-hydrogen) atoms. The molecule has 102 valence electrons. The largest absolute Gasteiger partial charge is 0.494 e. The molecule has 1 aromatic heterocycles. The van der Waals surface area contributed by atoms with E-state index in [0.29, 0.717) is 6.54 Å². The highest BCUT2D eigenvalue weighted by molar-refractivity contribution is 5.79. The minimum atomic E-state index is -0.364. The first-order chi connectivity index (χ1) is 9.76. The molecule has 0 spiro atoms. The molecule has 0 atom stereocenters. The van der Waals surface area contributed by atoms with Gasteiger partial charge >= 0.3 is 0 Å². The summed E-state index contributed by atoms with van der Waals surface area (Å²) < 4.78 is 18.5. The third-order valence-electron chi connectivity index (χ3n) is 3.27. The lowest BCUT2D eigenvalue weighted by atomic mass is 10.1. The summed E-state index contributed by atoms with van der Waals surface area (Å²) in [6.45, 7) is 0.640. The topological polar surface area (TPSA) is 37.0 Å². The highest BCUT2D eigenvalue weighted by Crippen LogP contribution is 2.21. The number of rotatable bonds is 4. The second-order valence-electron chi connectivity index (χ2n) is 4.60. The summed E-state index contributed by atoms with van der Waals surface area (Å²) in [5.74, 6) is -0.110. The van der Waals surface area contributed by atoms with Gasteiger partial charge in [-0.3, -0.25) is 0 Å². The minimum Gasteiger partial charge on any atom is -0.494 e. The first kappa shape index (κ1) is 12.5. The average molecular weight is 270 g/mol. The smallest absolute Gasteiger partial charge is 0.167 e. The standard InChI is InChI=1S/C16H15FN2O/c1-20-16-5-4-13(9-14(16)17)19-10-11-2-3-12-6-7-18-15(12)8-11/h2-9,18-19H,10H2,1H3. The first-order valence-electron chi connectivity index (χ1n) is 6.40. The number of aromatic nitrogens is 1. The Bertz CT molecular complexity index is 736. The van der Waals surface area contributed by atoms with Gasteiger partial charge in [0.05, 0.1) is 7.11 Å². The second-order valence-corrected chi connectivity index (χ2v) is 4.60. The van der Waals surface area contributed by atoms with Crippen LogP contribution in [-0.4, -0.2) is 12.1 Å². The van der Waals surface area contributed by atoms with Gasteiger partial charge in [0.1, 0.15) is 0 Å². The van der Waals surface area contributed by atoms with Gasteiger partial charge in [0, 0.05) is 30.0 Å². The van der Waals surface area contributed by atoms with E-state index < -0.39 is 0 Å².